The minimum Gasteiger partial charge on any atom is -0.465 e. The Labute approximate surface area is 128 Å². The molecule has 0 bridgehead atoms. The smallest absolute Gasteiger partial charge is 0.338 e. The van der Waals surface area contributed by atoms with Crippen LogP contribution >= 0.6 is 7.60 Å². The van der Waals surface area contributed by atoms with E-state index in [9.17, 15) is 19.5 Å². The quantitative estimate of drug-likeness (QED) is 0.312. The first-order chi connectivity index (χ1) is 10.4. The predicted octanol–water partition coefficient (Wildman–Crippen LogP) is 3.15. The van der Waals surface area contributed by atoms with E-state index in [0.717, 1.165) is 7.11 Å². The van der Waals surface area contributed by atoms with Crippen molar-refractivity contribution in [3.8, 4) is 0 Å². The van der Waals surface area contributed by atoms with Crippen LogP contribution in [-0.2, 0) is 24.5 Å². The summed E-state index contributed by atoms with van der Waals surface area (Å²) in [6.07, 6.45) is -0.379. The van der Waals surface area contributed by atoms with E-state index in [1.54, 1.807) is 13.8 Å². The van der Waals surface area contributed by atoms with Gasteiger partial charge in [0.25, 0.3) is 5.69 Å². The number of hydrogen-bond donors (Lipinski definition) is 0. The second-order valence-corrected chi connectivity index (χ2v) is 6.21. The Morgan fingerprint density at radius 1 is 1.27 bits per heavy atom. The highest BCUT2D eigenvalue weighted by Crippen LogP contribution is 2.53. The highest BCUT2D eigenvalue weighted by atomic mass is 31.2. The van der Waals surface area contributed by atoms with Gasteiger partial charge in [-0.25, -0.2) is 4.79 Å². The Kier molecular flexibility index (Phi) is 6.67. The maximum absolute atomic E-state index is 12.6. The molecule has 8 nitrogen and oxygen atoms in total. The van der Waals surface area contributed by atoms with Gasteiger partial charge in [-0.1, -0.05) is 6.07 Å². The lowest BCUT2D eigenvalue weighted by Crippen LogP contribution is -2.10. The second kappa shape index (κ2) is 8.03. The van der Waals surface area contributed by atoms with E-state index in [2.05, 4.69) is 4.74 Å². The van der Waals surface area contributed by atoms with Crippen molar-refractivity contribution in [2.45, 2.75) is 20.0 Å². The van der Waals surface area contributed by atoms with Crippen LogP contribution in [0.5, 0.6) is 0 Å². The number of nitro groups is 1. The fourth-order valence-corrected chi connectivity index (χ4v) is 3.69. The summed E-state index contributed by atoms with van der Waals surface area (Å²) < 4.78 is 27.5. The topological polar surface area (TPSA) is 105 Å². The number of nitro benzene ring substituents is 1. The van der Waals surface area contributed by atoms with Gasteiger partial charge in [-0.05, 0) is 19.9 Å². The van der Waals surface area contributed by atoms with Crippen LogP contribution in [-0.4, -0.2) is 31.2 Å². The molecule has 0 N–H and O–H groups in total. The third-order valence-electron chi connectivity index (χ3n) is 2.76. The van der Waals surface area contributed by atoms with Gasteiger partial charge >= 0.3 is 13.6 Å². The van der Waals surface area contributed by atoms with Gasteiger partial charge in [-0.15, -0.1) is 0 Å². The van der Waals surface area contributed by atoms with Crippen molar-refractivity contribution in [2.75, 3.05) is 20.3 Å². The van der Waals surface area contributed by atoms with Gasteiger partial charge in [0.15, 0.2) is 0 Å². The fraction of sp³-hybridized carbons (Fsp3) is 0.462. The summed E-state index contributed by atoms with van der Waals surface area (Å²) >= 11 is 0. The number of carbonyl (C=O) groups excluding carboxylic acids is 1. The molecule has 0 fully saturated rings. The zero-order chi connectivity index (χ0) is 16.8. The lowest BCUT2D eigenvalue weighted by molar-refractivity contribution is -0.385. The van der Waals surface area contributed by atoms with E-state index in [0.29, 0.717) is 0 Å². The van der Waals surface area contributed by atoms with E-state index >= 15 is 0 Å². The molecule has 0 aliphatic heterocycles. The van der Waals surface area contributed by atoms with E-state index in [1.165, 1.54) is 18.2 Å². The third kappa shape index (κ3) is 4.37. The maximum Gasteiger partial charge on any atom is 0.338 e. The van der Waals surface area contributed by atoms with Crippen LogP contribution in [0, 0.1) is 10.1 Å². The van der Waals surface area contributed by atoms with Crippen LogP contribution in [0.15, 0.2) is 18.2 Å². The Morgan fingerprint density at radius 2 is 1.86 bits per heavy atom. The van der Waals surface area contributed by atoms with Crippen molar-refractivity contribution < 1.29 is 28.1 Å². The lowest BCUT2D eigenvalue weighted by atomic mass is 10.1. The fourth-order valence-electron chi connectivity index (χ4n) is 1.93. The number of benzene rings is 1. The average Bonchev–Trinajstić information content (AvgIpc) is 2.46. The number of carbonyl (C=O) groups is 1. The monoisotopic (exact) mass is 331 g/mol. The minimum absolute atomic E-state index is 0.0235. The molecule has 122 valence electrons. The molecule has 9 heteroatoms. The summed E-state index contributed by atoms with van der Waals surface area (Å²) in [4.78, 5) is 22.3. The summed E-state index contributed by atoms with van der Waals surface area (Å²) in [5.41, 5.74) is -0.386. The number of esters is 1. The number of hydrogen-bond acceptors (Lipinski definition) is 7. The predicted molar refractivity (Wildman–Crippen MR) is 79.0 cm³/mol. The largest absolute Gasteiger partial charge is 0.465 e. The lowest BCUT2D eigenvalue weighted by Gasteiger charge is -2.18. The SMILES string of the molecule is CCOP(=O)(Cc1c(C(=O)OC)cccc1[N+](=O)[O-])OCC. The van der Waals surface area contributed by atoms with Crippen LogP contribution in [0.25, 0.3) is 0 Å². The highest BCUT2D eigenvalue weighted by molar-refractivity contribution is 7.53. The van der Waals surface area contributed by atoms with Crippen LogP contribution in [0.3, 0.4) is 0 Å². The second-order valence-electron chi connectivity index (χ2n) is 4.16. The molecular weight excluding hydrogens is 313 g/mol. The van der Waals surface area contributed by atoms with Gasteiger partial charge < -0.3 is 13.8 Å². The summed E-state index contributed by atoms with van der Waals surface area (Å²) in [6.45, 7) is 3.50. The molecule has 0 heterocycles. The van der Waals surface area contributed by atoms with Crippen molar-refractivity contribution in [1.29, 1.82) is 0 Å². The molecule has 0 atom stereocenters. The summed E-state index contributed by atoms with van der Waals surface area (Å²) in [7, 11) is -2.43. The van der Waals surface area contributed by atoms with Crippen LogP contribution in [0.2, 0.25) is 0 Å². The van der Waals surface area contributed by atoms with Crippen molar-refractivity contribution in [1.82, 2.24) is 0 Å². The molecule has 0 saturated heterocycles. The Bertz CT molecular complexity index is 592. The average molecular weight is 331 g/mol. The molecular formula is C13H18NO7P. The number of rotatable bonds is 8. The standard InChI is InChI=1S/C13H18NO7P/c1-4-20-22(18,21-5-2)9-11-10(13(15)19-3)7-6-8-12(11)14(16)17/h6-8H,4-5,9H2,1-3H3. The van der Waals surface area contributed by atoms with Crippen molar-refractivity contribution in [2.24, 2.45) is 0 Å². The van der Waals surface area contributed by atoms with Crippen molar-refractivity contribution >= 4 is 19.3 Å². The Morgan fingerprint density at radius 3 is 2.32 bits per heavy atom. The molecule has 1 aromatic rings. The molecule has 0 aromatic heterocycles. The number of ether oxygens (including phenoxy) is 1. The molecule has 0 spiro atoms. The molecule has 1 aromatic carbocycles. The van der Waals surface area contributed by atoms with Crippen LogP contribution < -0.4 is 0 Å². The first kappa shape index (κ1) is 18.3. The highest BCUT2D eigenvalue weighted by Gasteiger charge is 2.32. The molecule has 0 amide bonds. The van der Waals surface area contributed by atoms with Crippen LogP contribution in [0.1, 0.15) is 29.8 Å². The molecule has 0 radical (unpaired) electrons. The van der Waals surface area contributed by atoms with Crippen LogP contribution in [0.4, 0.5) is 5.69 Å². The van der Waals surface area contributed by atoms with E-state index in [4.69, 9.17) is 9.05 Å². The molecule has 0 unspecified atom stereocenters. The van der Waals surface area contributed by atoms with Gasteiger partial charge in [0, 0.05) is 6.07 Å². The maximum atomic E-state index is 12.6. The van der Waals surface area contributed by atoms with Gasteiger partial charge in [-0.3, -0.25) is 14.7 Å². The molecule has 22 heavy (non-hydrogen) atoms. The van der Waals surface area contributed by atoms with Gasteiger partial charge in [-0.2, -0.15) is 0 Å². The van der Waals surface area contributed by atoms with Gasteiger partial charge in [0.2, 0.25) is 0 Å². The Hall–Kier alpha value is -1.76. The summed E-state index contributed by atoms with van der Waals surface area (Å²) in [6, 6.07) is 3.96. The first-order valence-electron chi connectivity index (χ1n) is 6.61. The molecule has 0 aliphatic rings. The first-order valence-corrected chi connectivity index (χ1v) is 8.34. The summed E-state index contributed by atoms with van der Waals surface area (Å²) in [5, 5.41) is 11.2. The molecule has 0 aliphatic carbocycles. The zero-order valence-corrected chi connectivity index (χ0v) is 13.5. The normalized spacial score (nSPS) is 11.2. The minimum atomic E-state index is -3.60. The molecule has 1 rings (SSSR count). The van der Waals surface area contributed by atoms with E-state index in [-0.39, 0.29) is 36.2 Å². The van der Waals surface area contributed by atoms with Gasteiger partial charge in [0.1, 0.15) is 0 Å². The third-order valence-corrected chi connectivity index (χ3v) is 4.76. The summed E-state index contributed by atoms with van der Waals surface area (Å²) in [5.74, 6) is -0.752. The van der Waals surface area contributed by atoms with E-state index < -0.39 is 18.5 Å². The zero-order valence-electron chi connectivity index (χ0n) is 12.6. The van der Waals surface area contributed by atoms with Crippen molar-refractivity contribution in [3.05, 3.63) is 39.4 Å². The van der Waals surface area contributed by atoms with Gasteiger partial charge in [0.05, 0.1) is 42.5 Å². The molecule has 0 saturated carbocycles. The van der Waals surface area contributed by atoms with Crippen molar-refractivity contribution in [3.63, 3.8) is 0 Å². The Balaban J connectivity index is 3.38. The number of methoxy groups -OCH3 is 1. The number of nitrogens with zero attached hydrogens (tertiary/aromatic N) is 1. The van der Waals surface area contributed by atoms with E-state index in [1.807, 2.05) is 0 Å².